The van der Waals surface area contributed by atoms with Crippen LogP contribution in [0.1, 0.15) is 31.0 Å². The maximum atomic E-state index is 14.1. The standard InChI is InChI=1S/C20H19F2NO2/c1-13(2)25-20(24)23-12-15(17-11-16(21)8-9-18(17)22)10-19(23)14-6-4-3-5-7-14/h3-11,13,19H,12H2,1-2H3. The number of halogens is 2. The quantitative estimate of drug-likeness (QED) is 0.789. The third kappa shape index (κ3) is 3.71. The number of carbonyl (C=O) groups excluding carboxylic acids is 1. The molecule has 0 saturated carbocycles. The highest BCUT2D eigenvalue weighted by Crippen LogP contribution is 2.36. The minimum atomic E-state index is -0.517. The van der Waals surface area contributed by atoms with Gasteiger partial charge in [-0.2, -0.15) is 0 Å². The van der Waals surface area contributed by atoms with Crippen LogP contribution in [-0.4, -0.2) is 23.6 Å². The van der Waals surface area contributed by atoms with Crippen LogP contribution in [0.5, 0.6) is 0 Å². The normalized spacial score (nSPS) is 16.9. The summed E-state index contributed by atoms with van der Waals surface area (Å²) in [7, 11) is 0. The Kier molecular flexibility index (Phi) is 4.83. The minimum absolute atomic E-state index is 0.158. The number of benzene rings is 2. The lowest BCUT2D eigenvalue weighted by atomic mass is 10.0. The molecule has 1 unspecified atom stereocenters. The Morgan fingerprint density at radius 1 is 1.16 bits per heavy atom. The van der Waals surface area contributed by atoms with Crippen molar-refractivity contribution in [1.29, 1.82) is 0 Å². The molecule has 2 aromatic carbocycles. The molecule has 1 aliphatic rings. The van der Waals surface area contributed by atoms with Gasteiger partial charge >= 0.3 is 6.09 Å². The van der Waals surface area contributed by atoms with Gasteiger partial charge in [-0.1, -0.05) is 36.4 Å². The van der Waals surface area contributed by atoms with Crippen molar-refractivity contribution < 1.29 is 18.3 Å². The van der Waals surface area contributed by atoms with E-state index in [1.54, 1.807) is 19.9 Å². The Bertz CT molecular complexity index is 803. The molecule has 1 amide bonds. The van der Waals surface area contributed by atoms with E-state index in [1.165, 1.54) is 4.90 Å². The van der Waals surface area contributed by atoms with Crippen LogP contribution in [0.4, 0.5) is 13.6 Å². The summed E-state index contributed by atoms with van der Waals surface area (Å²) in [5.74, 6) is -1.03. The van der Waals surface area contributed by atoms with E-state index < -0.39 is 17.7 Å². The monoisotopic (exact) mass is 343 g/mol. The van der Waals surface area contributed by atoms with Gasteiger partial charge in [-0.3, -0.25) is 4.90 Å². The summed E-state index contributed by atoms with van der Waals surface area (Å²) in [5.41, 5.74) is 1.61. The Balaban J connectivity index is 1.98. The number of amides is 1. The van der Waals surface area contributed by atoms with E-state index in [4.69, 9.17) is 4.74 Å². The second-order valence-electron chi connectivity index (χ2n) is 6.23. The fourth-order valence-corrected chi connectivity index (χ4v) is 2.91. The third-order valence-electron chi connectivity index (χ3n) is 4.02. The largest absolute Gasteiger partial charge is 0.447 e. The van der Waals surface area contributed by atoms with Gasteiger partial charge in [0.25, 0.3) is 0 Å². The topological polar surface area (TPSA) is 29.5 Å². The molecule has 130 valence electrons. The first kappa shape index (κ1) is 17.1. The van der Waals surface area contributed by atoms with Crippen molar-refractivity contribution in [2.45, 2.75) is 26.0 Å². The molecule has 25 heavy (non-hydrogen) atoms. The van der Waals surface area contributed by atoms with Gasteiger partial charge in [0, 0.05) is 5.56 Å². The predicted octanol–water partition coefficient (Wildman–Crippen LogP) is 4.95. The van der Waals surface area contributed by atoms with E-state index in [-0.39, 0.29) is 24.3 Å². The molecule has 0 saturated heterocycles. The van der Waals surface area contributed by atoms with Gasteiger partial charge in [0.1, 0.15) is 11.6 Å². The maximum Gasteiger partial charge on any atom is 0.411 e. The summed E-state index contributed by atoms with van der Waals surface area (Å²) < 4.78 is 33.0. The first-order valence-corrected chi connectivity index (χ1v) is 8.14. The Hall–Kier alpha value is -2.69. The molecule has 5 heteroatoms. The summed E-state index contributed by atoms with van der Waals surface area (Å²) in [6.45, 7) is 3.70. The van der Waals surface area contributed by atoms with Crippen molar-refractivity contribution >= 4 is 11.7 Å². The summed E-state index contributed by atoms with van der Waals surface area (Å²) in [5, 5.41) is 0. The molecule has 0 spiro atoms. The van der Waals surface area contributed by atoms with Crippen LogP contribution >= 0.6 is 0 Å². The zero-order valence-corrected chi connectivity index (χ0v) is 14.1. The van der Waals surface area contributed by atoms with Crippen LogP contribution in [0.15, 0.2) is 54.6 Å². The van der Waals surface area contributed by atoms with E-state index in [2.05, 4.69) is 0 Å². The van der Waals surface area contributed by atoms with Crippen molar-refractivity contribution in [3.8, 4) is 0 Å². The van der Waals surface area contributed by atoms with Gasteiger partial charge < -0.3 is 4.74 Å². The van der Waals surface area contributed by atoms with Crippen LogP contribution in [-0.2, 0) is 4.74 Å². The molecule has 0 aromatic heterocycles. The van der Waals surface area contributed by atoms with Crippen LogP contribution in [0, 0.1) is 11.6 Å². The molecule has 0 fully saturated rings. The molecule has 2 aromatic rings. The van der Waals surface area contributed by atoms with Crippen LogP contribution < -0.4 is 0 Å². The van der Waals surface area contributed by atoms with Gasteiger partial charge in [0.05, 0.1) is 18.7 Å². The second kappa shape index (κ2) is 7.05. The average molecular weight is 343 g/mol. The maximum absolute atomic E-state index is 14.1. The molecule has 0 bridgehead atoms. The highest BCUT2D eigenvalue weighted by molar-refractivity contribution is 5.79. The van der Waals surface area contributed by atoms with E-state index in [1.807, 2.05) is 30.3 Å². The molecule has 1 aliphatic heterocycles. The highest BCUT2D eigenvalue weighted by Gasteiger charge is 2.33. The third-order valence-corrected chi connectivity index (χ3v) is 4.02. The number of ether oxygens (including phenoxy) is 1. The average Bonchev–Trinajstić information content (AvgIpc) is 3.02. The number of nitrogens with zero attached hydrogens (tertiary/aromatic N) is 1. The fraction of sp³-hybridized carbons (Fsp3) is 0.250. The van der Waals surface area contributed by atoms with E-state index in [0.29, 0.717) is 5.57 Å². The van der Waals surface area contributed by atoms with Crippen molar-refractivity contribution in [3.05, 3.63) is 77.4 Å². The van der Waals surface area contributed by atoms with Crippen molar-refractivity contribution in [2.24, 2.45) is 0 Å². The Morgan fingerprint density at radius 3 is 2.56 bits per heavy atom. The predicted molar refractivity (Wildman–Crippen MR) is 91.8 cm³/mol. The molecule has 0 aliphatic carbocycles. The van der Waals surface area contributed by atoms with Crippen LogP contribution in [0.3, 0.4) is 0 Å². The number of hydrogen-bond acceptors (Lipinski definition) is 2. The summed E-state index contributed by atoms with van der Waals surface area (Å²) in [6, 6.07) is 12.3. The highest BCUT2D eigenvalue weighted by atomic mass is 19.1. The van der Waals surface area contributed by atoms with Crippen molar-refractivity contribution in [3.63, 3.8) is 0 Å². The molecule has 3 nitrogen and oxygen atoms in total. The number of hydrogen-bond donors (Lipinski definition) is 0. The molecule has 0 radical (unpaired) electrons. The van der Waals surface area contributed by atoms with Gasteiger partial charge in [-0.25, -0.2) is 13.6 Å². The smallest absolute Gasteiger partial charge is 0.411 e. The van der Waals surface area contributed by atoms with Gasteiger partial charge in [-0.05, 0) is 43.2 Å². The van der Waals surface area contributed by atoms with Crippen LogP contribution in [0.25, 0.3) is 5.57 Å². The molecule has 1 atom stereocenters. The molecule has 0 N–H and O–H groups in total. The van der Waals surface area contributed by atoms with Gasteiger partial charge in [-0.15, -0.1) is 0 Å². The minimum Gasteiger partial charge on any atom is -0.447 e. The first-order valence-electron chi connectivity index (χ1n) is 8.14. The lowest BCUT2D eigenvalue weighted by Gasteiger charge is -2.25. The SMILES string of the molecule is CC(C)OC(=O)N1CC(c2cc(F)ccc2F)=CC1c1ccccc1. The van der Waals surface area contributed by atoms with Crippen molar-refractivity contribution in [2.75, 3.05) is 6.54 Å². The van der Waals surface area contributed by atoms with E-state index >= 15 is 0 Å². The zero-order valence-electron chi connectivity index (χ0n) is 14.1. The molecule has 3 rings (SSSR count). The van der Waals surface area contributed by atoms with Gasteiger partial charge in [0.2, 0.25) is 0 Å². The summed E-state index contributed by atoms with van der Waals surface area (Å²) in [6.07, 6.45) is 1.04. The van der Waals surface area contributed by atoms with Crippen molar-refractivity contribution in [1.82, 2.24) is 4.90 Å². The van der Waals surface area contributed by atoms with Crippen LogP contribution in [0.2, 0.25) is 0 Å². The van der Waals surface area contributed by atoms with Gasteiger partial charge in [0.15, 0.2) is 0 Å². The number of carbonyl (C=O) groups is 1. The van der Waals surface area contributed by atoms with E-state index in [0.717, 1.165) is 23.8 Å². The zero-order chi connectivity index (χ0) is 18.0. The van der Waals surface area contributed by atoms with E-state index in [9.17, 15) is 13.6 Å². The number of rotatable bonds is 3. The Morgan fingerprint density at radius 2 is 1.88 bits per heavy atom. The summed E-state index contributed by atoms with van der Waals surface area (Å²) in [4.78, 5) is 14.0. The first-order chi connectivity index (χ1) is 12.0. The lowest BCUT2D eigenvalue weighted by Crippen LogP contribution is -2.33. The lowest BCUT2D eigenvalue weighted by molar-refractivity contribution is 0.0759. The summed E-state index contributed by atoms with van der Waals surface area (Å²) >= 11 is 0. The molecule has 1 heterocycles. The fourth-order valence-electron chi connectivity index (χ4n) is 2.91. The molecular formula is C20H19F2NO2. The Labute approximate surface area is 145 Å². The molecular weight excluding hydrogens is 324 g/mol. The second-order valence-corrected chi connectivity index (χ2v) is 6.23.